The first kappa shape index (κ1) is 14.6. The Balaban J connectivity index is 2.09. The van der Waals surface area contributed by atoms with Crippen molar-refractivity contribution in [3.05, 3.63) is 16.1 Å². The molecule has 4 nitrogen and oxygen atoms in total. The number of thiazole rings is 1. The Kier molecular flexibility index (Phi) is 3.82. The lowest BCUT2D eigenvalue weighted by Gasteiger charge is -2.24. The molecule has 0 spiro atoms. The van der Waals surface area contributed by atoms with Crippen molar-refractivity contribution in [1.82, 2.24) is 4.98 Å². The van der Waals surface area contributed by atoms with Crippen molar-refractivity contribution < 1.29 is 9.53 Å². The molecule has 0 aromatic carbocycles. The number of rotatable bonds is 3. The molecule has 1 fully saturated rings. The first-order valence-electron chi connectivity index (χ1n) is 6.55. The molecule has 1 aliphatic heterocycles. The van der Waals surface area contributed by atoms with Gasteiger partial charge >= 0.3 is 0 Å². The van der Waals surface area contributed by atoms with Gasteiger partial charge in [-0.2, -0.15) is 0 Å². The minimum Gasteiger partial charge on any atom is -0.379 e. The highest BCUT2D eigenvalue weighted by atomic mass is 32.1. The van der Waals surface area contributed by atoms with Gasteiger partial charge in [0.1, 0.15) is 10.8 Å². The van der Waals surface area contributed by atoms with Crippen LogP contribution in [0.1, 0.15) is 38.4 Å². The predicted octanol–water partition coefficient (Wildman–Crippen LogP) is 1.92. The summed E-state index contributed by atoms with van der Waals surface area (Å²) in [6, 6.07) is -0.206. The van der Waals surface area contributed by atoms with E-state index in [1.54, 1.807) is 11.3 Å². The van der Waals surface area contributed by atoms with Gasteiger partial charge in [0.15, 0.2) is 0 Å². The number of hydrogen-bond acceptors (Lipinski definition) is 5. The molecule has 5 heteroatoms. The molecule has 19 heavy (non-hydrogen) atoms. The smallest absolute Gasteiger partial charge is 0.149 e. The Morgan fingerprint density at radius 3 is 2.79 bits per heavy atom. The molecular formula is C14H22N2O2S. The lowest BCUT2D eigenvalue weighted by atomic mass is 9.80. The van der Waals surface area contributed by atoms with Crippen LogP contribution in [-0.2, 0) is 21.4 Å². The van der Waals surface area contributed by atoms with Crippen LogP contribution in [0.15, 0.2) is 5.38 Å². The molecule has 0 saturated carbocycles. The maximum atomic E-state index is 12.4. The number of ketones is 1. The fourth-order valence-electron chi connectivity index (χ4n) is 2.05. The summed E-state index contributed by atoms with van der Waals surface area (Å²) >= 11 is 1.55. The van der Waals surface area contributed by atoms with Gasteiger partial charge in [0, 0.05) is 16.8 Å². The second-order valence-electron chi connectivity index (χ2n) is 6.52. The van der Waals surface area contributed by atoms with Crippen molar-refractivity contribution in [2.24, 2.45) is 11.1 Å². The van der Waals surface area contributed by atoms with E-state index >= 15 is 0 Å². The molecular weight excluding hydrogens is 260 g/mol. The monoisotopic (exact) mass is 282 g/mol. The van der Waals surface area contributed by atoms with Crippen molar-refractivity contribution in [3.63, 3.8) is 0 Å². The van der Waals surface area contributed by atoms with Crippen molar-refractivity contribution in [2.75, 3.05) is 13.2 Å². The van der Waals surface area contributed by atoms with Crippen LogP contribution in [0.5, 0.6) is 0 Å². The Hall–Kier alpha value is -0.780. The molecule has 0 aliphatic carbocycles. The lowest BCUT2D eigenvalue weighted by Crippen LogP contribution is -2.45. The lowest BCUT2D eigenvalue weighted by molar-refractivity contribution is -0.127. The zero-order valence-electron chi connectivity index (χ0n) is 12.0. The van der Waals surface area contributed by atoms with Crippen LogP contribution >= 0.6 is 11.3 Å². The van der Waals surface area contributed by atoms with Gasteiger partial charge in [0.25, 0.3) is 0 Å². The summed E-state index contributed by atoms with van der Waals surface area (Å²) < 4.78 is 5.33. The van der Waals surface area contributed by atoms with Crippen molar-refractivity contribution in [3.8, 4) is 0 Å². The van der Waals surface area contributed by atoms with Gasteiger partial charge in [-0.3, -0.25) is 4.79 Å². The third kappa shape index (κ3) is 2.88. The number of Topliss-reactive ketones (excluding diaryl/α,β-unsaturated/α-hetero) is 1. The molecule has 1 aromatic heterocycles. The summed E-state index contributed by atoms with van der Waals surface area (Å²) in [6.45, 7) is 9.14. The van der Waals surface area contributed by atoms with Crippen molar-refractivity contribution in [1.29, 1.82) is 0 Å². The standard InChI is InChI=1S/C14H22N2O2S/c1-13(2,3)10-7-19-12(16-10)5-11(17)14(4)8-18-6-9(14)15/h7,9H,5-6,8,15H2,1-4H3. The van der Waals surface area contributed by atoms with Crippen LogP contribution in [0.3, 0.4) is 0 Å². The van der Waals surface area contributed by atoms with Crippen LogP contribution in [0.25, 0.3) is 0 Å². The first-order valence-corrected chi connectivity index (χ1v) is 7.43. The normalized spacial score (nSPS) is 27.7. The van der Waals surface area contributed by atoms with Crippen molar-refractivity contribution in [2.45, 2.75) is 45.6 Å². The molecule has 0 amide bonds. The first-order chi connectivity index (χ1) is 8.73. The maximum absolute atomic E-state index is 12.4. The Morgan fingerprint density at radius 2 is 2.32 bits per heavy atom. The number of nitrogens with zero attached hydrogens (tertiary/aromatic N) is 1. The summed E-state index contributed by atoms with van der Waals surface area (Å²) in [7, 11) is 0. The SMILES string of the molecule is CC(C)(C)c1csc(CC(=O)C2(C)COCC2N)n1. The summed E-state index contributed by atoms with van der Waals surface area (Å²) in [4.78, 5) is 17.0. The highest BCUT2D eigenvalue weighted by molar-refractivity contribution is 7.09. The average Bonchev–Trinajstić information content (AvgIpc) is 2.87. The second kappa shape index (κ2) is 4.96. The minimum absolute atomic E-state index is 0.0224. The van der Waals surface area contributed by atoms with Crippen LogP contribution in [0.4, 0.5) is 0 Å². The number of aromatic nitrogens is 1. The molecule has 1 aromatic rings. The van der Waals surface area contributed by atoms with E-state index in [1.807, 2.05) is 12.3 Å². The zero-order chi connectivity index (χ0) is 14.3. The number of hydrogen-bond donors (Lipinski definition) is 1. The summed E-state index contributed by atoms with van der Waals surface area (Å²) in [5, 5.41) is 2.91. The highest BCUT2D eigenvalue weighted by Crippen LogP contribution is 2.31. The number of nitrogens with two attached hydrogens (primary N) is 1. The van der Waals surface area contributed by atoms with Gasteiger partial charge in [-0.15, -0.1) is 11.3 Å². The van der Waals surface area contributed by atoms with E-state index in [0.717, 1.165) is 10.7 Å². The molecule has 1 saturated heterocycles. The van der Waals surface area contributed by atoms with Gasteiger partial charge in [-0.05, 0) is 6.92 Å². The molecule has 106 valence electrons. The predicted molar refractivity (Wildman–Crippen MR) is 76.4 cm³/mol. The minimum atomic E-state index is -0.562. The summed E-state index contributed by atoms with van der Waals surface area (Å²) in [5.74, 6) is 0.132. The molecule has 2 rings (SSSR count). The molecule has 0 radical (unpaired) electrons. The molecule has 0 bridgehead atoms. The largest absolute Gasteiger partial charge is 0.379 e. The van der Waals surface area contributed by atoms with Gasteiger partial charge < -0.3 is 10.5 Å². The fourth-order valence-corrected chi connectivity index (χ4v) is 3.07. The number of carbonyl (C=O) groups excluding carboxylic acids is 1. The van der Waals surface area contributed by atoms with Crippen molar-refractivity contribution >= 4 is 17.1 Å². The topological polar surface area (TPSA) is 65.2 Å². The Morgan fingerprint density at radius 1 is 1.63 bits per heavy atom. The maximum Gasteiger partial charge on any atom is 0.149 e. The van der Waals surface area contributed by atoms with E-state index in [1.165, 1.54) is 0 Å². The number of ether oxygens (including phenoxy) is 1. The van der Waals surface area contributed by atoms with E-state index in [2.05, 4.69) is 25.8 Å². The van der Waals surface area contributed by atoms with E-state index in [-0.39, 0.29) is 17.2 Å². The van der Waals surface area contributed by atoms with Crippen LogP contribution in [0, 0.1) is 5.41 Å². The zero-order valence-corrected chi connectivity index (χ0v) is 12.8. The number of carbonyl (C=O) groups is 1. The van der Waals surface area contributed by atoms with E-state index < -0.39 is 5.41 Å². The van der Waals surface area contributed by atoms with E-state index in [0.29, 0.717) is 19.6 Å². The highest BCUT2D eigenvalue weighted by Gasteiger charge is 2.43. The molecule has 1 aliphatic rings. The van der Waals surface area contributed by atoms with Gasteiger partial charge in [-0.1, -0.05) is 20.8 Å². The van der Waals surface area contributed by atoms with Crippen LogP contribution in [-0.4, -0.2) is 30.0 Å². The molecule has 2 atom stereocenters. The van der Waals surface area contributed by atoms with Crippen LogP contribution in [0.2, 0.25) is 0 Å². The Bertz CT molecular complexity index is 478. The summed E-state index contributed by atoms with van der Waals surface area (Å²) in [6.07, 6.45) is 0.355. The second-order valence-corrected chi connectivity index (χ2v) is 7.46. The van der Waals surface area contributed by atoms with Gasteiger partial charge in [0.2, 0.25) is 0 Å². The van der Waals surface area contributed by atoms with E-state index in [9.17, 15) is 4.79 Å². The third-order valence-electron chi connectivity index (χ3n) is 3.79. The average molecular weight is 282 g/mol. The molecule has 2 N–H and O–H groups in total. The molecule has 2 heterocycles. The van der Waals surface area contributed by atoms with E-state index in [4.69, 9.17) is 10.5 Å². The third-order valence-corrected chi connectivity index (χ3v) is 4.64. The van der Waals surface area contributed by atoms with Gasteiger partial charge in [-0.25, -0.2) is 4.98 Å². The molecule has 2 unspecified atom stereocenters. The quantitative estimate of drug-likeness (QED) is 0.920. The Labute approximate surface area is 118 Å². The summed E-state index contributed by atoms with van der Waals surface area (Å²) in [5.41, 5.74) is 6.48. The van der Waals surface area contributed by atoms with Gasteiger partial charge in [0.05, 0.1) is 30.7 Å². The fraction of sp³-hybridized carbons (Fsp3) is 0.714. The van der Waals surface area contributed by atoms with Crippen LogP contribution < -0.4 is 5.73 Å².